The van der Waals surface area contributed by atoms with Crippen LogP contribution >= 0.6 is 11.8 Å². The van der Waals surface area contributed by atoms with E-state index in [2.05, 4.69) is 4.74 Å². The van der Waals surface area contributed by atoms with E-state index in [4.69, 9.17) is 10.5 Å². The molecule has 2 N–H and O–H groups in total. The second kappa shape index (κ2) is 5.21. The minimum Gasteiger partial charge on any atom is -0.447 e. The highest BCUT2D eigenvalue weighted by Gasteiger charge is 2.27. The van der Waals surface area contributed by atoms with E-state index in [1.54, 1.807) is 0 Å². The lowest BCUT2D eigenvalue weighted by molar-refractivity contribution is -0.109. The second-order valence-corrected chi connectivity index (χ2v) is 4.53. The Labute approximate surface area is 86.3 Å². The van der Waals surface area contributed by atoms with Crippen molar-refractivity contribution in [2.45, 2.75) is 24.7 Å². The predicted molar refractivity (Wildman–Crippen MR) is 52.0 cm³/mol. The third kappa shape index (κ3) is 3.97. The molecule has 0 radical (unpaired) electrons. The molecule has 1 fully saturated rings. The van der Waals surface area contributed by atoms with Crippen LogP contribution in [0.5, 0.6) is 0 Å². The zero-order chi connectivity index (χ0) is 10.6. The molecule has 0 aromatic heterocycles. The Morgan fingerprint density at radius 2 is 2.36 bits per heavy atom. The minimum atomic E-state index is -0.795. The predicted octanol–water partition coefficient (Wildman–Crippen LogP) is 0.519. The van der Waals surface area contributed by atoms with Crippen LogP contribution in [0, 0.1) is 0 Å². The topological polar surface area (TPSA) is 78.6 Å². The van der Waals surface area contributed by atoms with Crippen LogP contribution in [-0.4, -0.2) is 35.8 Å². The lowest BCUT2D eigenvalue weighted by Gasteiger charge is -2.07. The largest absolute Gasteiger partial charge is 0.447 e. The quantitative estimate of drug-likeness (QED) is 0.748. The number of thioether (sulfide) groups is 1. The number of carbonyl (C=O) groups is 2. The Bertz CT molecular complexity index is 233. The maximum Gasteiger partial charge on any atom is 0.404 e. The van der Waals surface area contributed by atoms with Gasteiger partial charge in [-0.25, -0.2) is 4.79 Å². The monoisotopic (exact) mass is 219 g/mol. The van der Waals surface area contributed by atoms with E-state index in [1.165, 1.54) is 18.7 Å². The molecule has 1 saturated heterocycles. The lowest BCUT2D eigenvalue weighted by Crippen LogP contribution is -2.21. The fourth-order valence-electron chi connectivity index (χ4n) is 1.28. The molecule has 1 amide bonds. The molecule has 0 aromatic rings. The molecule has 1 heterocycles. The Morgan fingerprint density at radius 1 is 1.64 bits per heavy atom. The van der Waals surface area contributed by atoms with Crippen LogP contribution in [0.25, 0.3) is 0 Å². The van der Waals surface area contributed by atoms with E-state index < -0.39 is 6.09 Å². The summed E-state index contributed by atoms with van der Waals surface area (Å²) in [5, 5.41) is 0.254. The molecule has 0 bridgehead atoms. The van der Waals surface area contributed by atoms with Gasteiger partial charge in [0.1, 0.15) is 6.61 Å². The number of nitrogens with two attached hydrogens (primary N) is 1. The van der Waals surface area contributed by atoms with Crippen LogP contribution in [0.3, 0.4) is 0 Å². The maximum absolute atomic E-state index is 10.8. The van der Waals surface area contributed by atoms with Crippen LogP contribution in [0.15, 0.2) is 0 Å². The molecule has 0 unspecified atom stereocenters. The van der Waals surface area contributed by atoms with Crippen molar-refractivity contribution in [2.24, 2.45) is 5.73 Å². The number of primary amides is 1. The SMILES string of the molecule is CC(=O)S[C@@H]1CO[C@@H](COC(N)=O)C1. The van der Waals surface area contributed by atoms with E-state index in [1.807, 2.05) is 0 Å². The molecule has 0 aromatic carbocycles. The fourth-order valence-corrected chi connectivity index (χ4v) is 2.21. The summed E-state index contributed by atoms with van der Waals surface area (Å²) in [6.07, 6.45) is -0.201. The maximum atomic E-state index is 10.8. The van der Waals surface area contributed by atoms with E-state index in [9.17, 15) is 9.59 Å². The average molecular weight is 219 g/mol. The summed E-state index contributed by atoms with van der Waals surface area (Å²) in [6.45, 7) is 2.22. The summed E-state index contributed by atoms with van der Waals surface area (Å²) in [7, 11) is 0. The molecule has 0 saturated carbocycles. The summed E-state index contributed by atoms with van der Waals surface area (Å²) < 4.78 is 9.91. The molecule has 14 heavy (non-hydrogen) atoms. The van der Waals surface area contributed by atoms with E-state index >= 15 is 0 Å². The van der Waals surface area contributed by atoms with Crippen molar-refractivity contribution in [2.75, 3.05) is 13.2 Å². The van der Waals surface area contributed by atoms with Gasteiger partial charge in [0.05, 0.1) is 12.7 Å². The van der Waals surface area contributed by atoms with Crippen LogP contribution in [0.1, 0.15) is 13.3 Å². The van der Waals surface area contributed by atoms with Crippen LogP contribution in [0.2, 0.25) is 0 Å². The van der Waals surface area contributed by atoms with E-state index in [0.29, 0.717) is 6.61 Å². The summed E-state index contributed by atoms with van der Waals surface area (Å²) in [5.41, 5.74) is 4.81. The minimum absolute atomic E-state index is 0.0788. The first-order valence-corrected chi connectivity index (χ1v) is 5.17. The Hall–Kier alpha value is -0.750. The number of ether oxygens (including phenoxy) is 2. The van der Waals surface area contributed by atoms with Gasteiger partial charge >= 0.3 is 6.09 Å². The standard InChI is InChI=1S/C8H13NO4S/c1-5(10)14-7-2-6(12-4-7)3-13-8(9)11/h6-7H,2-4H2,1H3,(H2,9,11)/t6-,7+/m1/s1. The van der Waals surface area contributed by atoms with Gasteiger partial charge < -0.3 is 15.2 Å². The molecule has 0 spiro atoms. The van der Waals surface area contributed by atoms with Gasteiger partial charge in [0.25, 0.3) is 0 Å². The smallest absolute Gasteiger partial charge is 0.404 e. The lowest BCUT2D eigenvalue weighted by atomic mass is 10.2. The van der Waals surface area contributed by atoms with Crippen molar-refractivity contribution < 1.29 is 19.1 Å². The number of rotatable bonds is 3. The Balaban J connectivity index is 2.20. The number of amides is 1. The highest BCUT2D eigenvalue weighted by Crippen LogP contribution is 2.25. The van der Waals surface area contributed by atoms with Crippen LogP contribution in [0.4, 0.5) is 4.79 Å². The van der Waals surface area contributed by atoms with Gasteiger partial charge in [0.15, 0.2) is 5.12 Å². The van der Waals surface area contributed by atoms with E-state index in [0.717, 1.165) is 6.42 Å². The van der Waals surface area contributed by atoms with Gasteiger partial charge in [0, 0.05) is 12.2 Å². The number of hydrogen-bond acceptors (Lipinski definition) is 5. The Kier molecular flexibility index (Phi) is 4.21. The number of carbonyl (C=O) groups excluding carboxylic acids is 2. The molecule has 1 aliphatic heterocycles. The highest BCUT2D eigenvalue weighted by molar-refractivity contribution is 8.14. The zero-order valence-corrected chi connectivity index (χ0v) is 8.71. The van der Waals surface area contributed by atoms with Crippen molar-refractivity contribution in [1.82, 2.24) is 0 Å². The molecule has 0 aliphatic carbocycles. The van der Waals surface area contributed by atoms with E-state index in [-0.39, 0.29) is 23.1 Å². The summed E-state index contributed by atoms with van der Waals surface area (Å²) >= 11 is 1.26. The Morgan fingerprint density at radius 3 is 2.93 bits per heavy atom. The third-order valence-corrected chi connectivity index (χ3v) is 2.78. The van der Waals surface area contributed by atoms with Crippen molar-refractivity contribution in [3.63, 3.8) is 0 Å². The molecule has 1 rings (SSSR count). The van der Waals surface area contributed by atoms with Crippen molar-refractivity contribution in [3.05, 3.63) is 0 Å². The van der Waals surface area contributed by atoms with Gasteiger partial charge in [0.2, 0.25) is 0 Å². The summed E-state index contributed by atoms with van der Waals surface area (Å²) in [5.74, 6) is 0. The zero-order valence-electron chi connectivity index (χ0n) is 7.89. The molecule has 2 atom stereocenters. The van der Waals surface area contributed by atoms with Crippen molar-refractivity contribution in [3.8, 4) is 0 Å². The molecule has 6 heteroatoms. The van der Waals surface area contributed by atoms with Crippen LogP contribution in [-0.2, 0) is 14.3 Å². The third-order valence-electron chi connectivity index (χ3n) is 1.79. The first kappa shape index (κ1) is 11.3. The highest BCUT2D eigenvalue weighted by atomic mass is 32.2. The summed E-state index contributed by atoms with van der Waals surface area (Å²) in [6, 6.07) is 0. The van der Waals surface area contributed by atoms with Gasteiger partial charge in [-0.3, -0.25) is 4.79 Å². The fraction of sp³-hybridized carbons (Fsp3) is 0.750. The first-order chi connectivity index (χ1) is 6.58. The van der Waals surface area contributed by atoms with Crippen LogP contribution < -0.4 is 5.73 Å². The normalized spacial score (nSPS) is 26.1. The average Bonchev–Trinajstić information content (AvgIpc) is 2.47. The molecular weight excluding hydrogens is 206 g/mol. The van der Waals surface area contributed by atoms with Gasteiger partial charge in [-0.05, 0) is 6.42 Å². The van der Waals surface area contributed by atoms with Gasteiger partial charge in [-0.1, -0.05) is 11.8 Å². The van der Waals surface area contributed by atoms with Gasteiger partial charge in [-0.15, -0.1) is 0 Å². The van der Waals surface area contributed by atoms with Crippen molar-refractivity contribution >= 4 is 23.0 Å². The molecular formula is C8H13NO4S. The molecule has 5 nitrogen and oxygen atoms in total. The molecule has 80 valence electrons. The first-order valence-electron chi connectivity index (χ1n) is 4.29. The van der Waals surface area contributed by atoms with Gasteiger partial charge in [-0.2, -0.15) is 0 Å². The summed E-state index contributed by atoms with van der Waals surface area (Å²) in [4.78, 5) is 21.1. The van der Waals surface area contributed by atoms with Crippen molar-refractivity contribution in [1.29, 1.82) is 0 Å². The second-order valence-electron chi connectivity index (χ2n) is 3.05. The number of hydrogen-bond donors (Lipinski definition) is 1. The molecule has 1 aliphatic rings.